The summed E-state index contributed by atoms with van der Waals surface area (Å²) in [6.07, 6.45) is 0. The smallest absolute Gasteiger partial charge is 0.346 e. The highest BCUT2D eigenvalue weighted by molar-refractivity contribution is 7.54. The highest BCUT2D eigenvalue weighted by atomic mass is 31.2. The van der Waals surface area contributed by atoms with E-state index in [9.17, 15) is 4.57 Å². The van der Waals surface area contributed by atoms with Gasteiger partial charge in [0.15, 0.2) is 0 Å². The Bertz CT molecular complexity index is 267. The Kier molecular flexibility index (Phi) is 3.20. The van der Waals surface area contributed by atoms with Gasteiger partial charge in [-0.2, -0.15) is 0 Å². The van der Waals surface area contributed by atoms with Crippen LogP contribution in [-0.4, -0.2) is 54.8 Å². The van der Waals surface area contributed by atoms with Crippen LogP contribution in [0.15, 0.2) is 0 Å². The molecule has 0 aromatic heterocycles. The van der Waals surface area contributed by atoms with Crippen LogP contribution in [0.2, 0.25) is 0 Å². The molecule has 2 aliphatic rings. The molecule has 5 nitrogen and oxygen atoms in total. The summed E-state index contributed by atoms with van der Waals surface area (Å²) in [7, 11) is -1.08. The lowest BCUT2D eigenvalue weighted by molar-refractivity contribution is 0.139. The van der Waals surface area contributed by atoms with Crippen LogP contribution in [0, 0.1) is 0 Å². The second-order valence-corrected chi connectivity index (χ2v) is 6.53. The predicted molar refractivity (Wildman–Crippen MR) is 57.8 cm³/mol. The average molecular weight is 234 g/mol. The van der Waals surface area contributed by atoms with Gasteiger partial charge in [0, 0.05) is 32.3 Å². The maximum atomic E-state index is 12.6. The molecule has 2 saturated heterocycles. The second-order valence-electron chi connectivity index (χ2n) is 4.26. The number of hydrogen-bond acceptors (Lipinski definition) is 3. The van der Waals surface area contributed by atoms with Crippen molar-refractivity contribution in [2.24, 2.45) is 0 Å². The molecular formula is C9H19N2O3P. The lowest BCUT2D eigenvalue weighted by Crippen LogP contribution is -2.13. The van der Waals surface area contributed by atoms with Gasteiger partial charge in [-0.3, -0.25) is 4.57 Å². The van der Waals surface area contributed by atoms with Crippen LogP contribution < -0.4 is 0 Å². The van der Waals surface area contributed by atoms with E-state index in [0.29, 0.717) is 25.3 Å². The number of ether oxygens (including phenoxy) is 1. The normalized spacial score (nSPS) is 42.3. The van der Waals surface area contributed by atoms with E-state index < -0.39 is 7.67 Å². The molecule has 2 heterocycles. The molecule has 0 N–H and O–H groups in total. The molecular weight excluding hydrogens is 215 g/mol. The minimum Gasteiger partial charge on any atom is -0.382 e. The number of rotatable bonds is 6. The van der Waals surface area contributed by atoms with E-state index in [1.165, 1.54) is 0 Å². The van der Waals surface area contributed by atoms with Crippen molar-refractivity contribution in [3.63, 3.8) is 0 Å². The molecule has 0 aromatic carbocycles. The molecule has 0 aromatic rings. The molecule has 0 radical (unpaired) electrons. The lowest BCUT2D eigenvalue weighted by Gasteiger charge is -2.20. The van der Waals surface area contributed by atoms with Gasteiger partial charge in [0.1, 0.15) is 0 Å². The van der Waals surface area contributed by atoms with Crippen molar-refractivity contribution in [3.05, 3.63) is 0 Å². The van der Waals surface area contributed by atoms with E-state index in [1.54, 1.807) is 7.11 Å². The van der Waals surface area contributed by atoms with Crippen molar-refractivity contribution in [2.75, 3.05) is 33.4 Å². The van der Waals surface area contributed by atoms with Gasteiger partial charge in [0.2, 0.25) is 0 Å². The first-order chi connectivity index (χ1) is 7.09. The Balaban J connectivity index is 1.94. The fourth-order valence-corrected chi connectivity index (χ4v) is 4.47. The van der Waals surface area contributed by atoms with Gasteiger partial charge < -0.3 is 9.26 Å². The van der Waals surface area contributed by atoms with Crippen LogP contribution in [0.25, 0.3) is 0 Å². The monoisotopic (exact) mass is 234 g/mol. The number of hydrogen-bond donors (Lipinski definition) is 0. The van der Waals surface area contributed by atoms with E-state index in [4.69, 9.17) is 9.26 Å². The van der Waals surface area contributed by atoms with Crippen LogP contribution in [0.3, 0.4) is 0 Å². The van der Waals surface area contributed by atoms with Gasteiger partial charge in [-0.25, -0.2) is 9.34 Å². The van der Waals surface area contributed by atoms with Gasteiger partial charge in [-0.05, 0) is 13.8 Å². The molecule has 5 atom stereocenters. The van der Waals surface area contributed by atoms with Crippen molar-refractivity contribution in [2.45, 2.75) is 25.9 Å². The third-order valence-corrected chi connectivity index (χ3v) is 5.78. The summed E-state index contributed by atoms with van der Waals surface area (Å²) in [4.78, 5) is 0. The summed E-state index contributed by atoms with van der Waals surface area (Å²) in [5.41, 5.74) is 0. The molecule has 0 bridgehead atoms. The fourth-order valence-electron chi connectivity index (χ4n) is 1.69. The average Bonchev–Trinajstić information content (AvgIpc) is 3.05. The van der Waals surface area contributed by atoms with Crippen molar-refractivity contribution >= 4 is 7.67 Å². The molecule has 3 unspecified atom stereocenters. The van der Waals surface area contributed by atoms with Crippen molar-refractivity contribution in [3.8, 4) is 0 Å². The first kappa shape index (κ1) is 11.6. The molecule has 0 aliphatic carbocycles. The van der Waals surface area contributed by atoms with Crippen LogP contribution in [0.4, 0.5) is 0 Å². The molecule has 2 aliphatic heterocycles. The maximum absolute atomic E-state index is 12.6. The Morgan fingerprint density at radius 1 is 1.20 bits per heavy atom. The summed E-state index contributed by atoms with van der Waals surface area (Å²) in [5.74, 6) is 0. The zero-order valence-electron chi connectivity index (χ0n) is 9.55. The first-order valence-electron chi connectivity index (χ1n) is 5.37. The second kappa shape index (κ2) is 4.15. The Morgan fingerprint density at radius 2 is 1.67 bits per heavy atom. The zero-order valence-corrected chi connectivity index (χ0v) is 10.4. The maximum Gasteiger partial charge on any atom is 0.346 e. The molecule has 88 valence electrons. The molecule has 15 heavy (non-hydrogen) atoms. The van der Waals surface area contributed by atoms with Gasteiger partial charge in [-0.15, -0.1) is 0 Å². The third-order valence-electron chi connectivity index (χ3n) is 2.85. The summed E-state index contributed by atoms with van der Waals surface area (Å²) >= 11 is 0. The van der Waals surface area contributed by atoms with Gasteiger partial charge in [0.25, 0.3) is 0 Å². The number of methoxy groups -OCH3 is 1. The zero-order chi connectivity index (χ0) is 11.1. The topological polar surface area (TPSA) is 41.5 Å². The molecule has 0 amide bonds. The van der Waals surface area contributed by atoms with E-state index in [2.05, 4.69) is 13.8 Å². The third kappa shape index (κ3) is 2.27. The Hall–Kier alpha value is 0.0700. The standard InChI is InChI=1S/C9H19N2O3P/c1-8-6-10(8)15(12,11-7-9(11)2)14-5-4-13-3/h8-9H,4-7H2,1-3H3/t8-,9+,10?,11?,15?. The summed E-state index contributed by atoms with van der Waals surface area (Å²) in [6.45, 7) is 6.80. The van der Waals surface area contributed by atoms with Crippen LogP contribution in [-0.2, 0) is 13.8 Å². The largest absolute Gasteiger partial charge is 0.382 e. The Labute approximate surface area is 90.9 Å². The lowest BCUT2D eigenvalue weighted by atomic mass is 10.6. The summed E-state index contributed by atoms with van der Waals surface area (Å²) in [6, 6.07) is 0.789. The molecule has 2 rings (SSSR count). The van der Waals surface area contributed by atoms with Crippen molar-refractivity contribution < 1.29 is 13.8 Å². The van der Waals surface area contributed by atoms with E-state index in [1.807, 2.05) is 9.34 Å². The SMILES string of the molecule is COCCOP(=O)(N1C[C@H]1C)N1C[C@@H]1C. The van der Waals surface area contributed by atoms with E-state index in [-0.39, 0.29) is 0 Å². The highest BCUT2D eigenvalue weighted by Crippen LogP contribution is 2.64. The minimum absolute atomic E-state index is 0.395. The van der Waals surface area contributed by atoms with Gasteiger partial charge >= 0.3 is 7.67 Å². The van der Waals surface area contributed by atoms with E-state index in [0.717, 1.165) is 13.1 Å². The van der Waals surface area contributed by atoms with Crippen LogP contribution >= 0.6 is 7.67 Å². The number of nitrogens with zero attached hydrogens (tertiary/aromatic N) is 2. The minimum atomic E-state index is -2.70. The molecule has 6 heteroatoms. The van der Waals surface area contributed by atoms with Gasteiger partial charge in [-0.1, -0.05) is 0 Å². The van der Waals surface area contributed by atoms with Crippen LogP contribution in [0.1, 0.15) is 13.8 Å². The molecule has 2 fully saturated rings. The molecule has 0 saturated carbocycles. The van der Waals surface area contributed by atoms with Crippen molar-refractivity contribution in [1.82, 2.24) is 9.34 Å². The summed E-state index contributed by atoms with van der Waals surface area (Å²) in [5, 5.41) is 0. The predicted octanol–water partition coefficient (Wildman–Crippen LogP) is 1.17. The van der Waals surface area contributed by atoms with Gasteiger partial charge in [0.05, 0.1) is 13.2 Å². The first-order valence-corrected chi connectivity index (χ1v) is 6.90. The Morgan fingerprint density at radius 3 is 2.00 bits per heavy atom. The van der Waals surface area contributed by atoms with Crippen LogP contribution in [0.5, 0.6) is 0 Å². The highest BCUT2D eigenvalue weighted by Gasteiger charge is 2.56. The summed E-state index contributed by atoms with van der Waals surface area (Å²) < 4.78 is 27.0. The van der Waals surface area contributed by atoms with Crippen molar-refractivity contribution in [1.29, 1.82) is 0 Å². The van der Waals surface area contributed by atoms with E-state index >= 15 is 0 Å². The quantitative estimate of drug-likeness (QED) is 0.392. The fraction of sp³-hybridized carbons (Fsp3) is 1.00. The molecule has 0 spiro atoms.